The molecule has 0 bridgehead atoms. The predicted molar refractivity (Wildman–Crippen MR) is 106 cm³/mol. The minimum atomic E-state index is 0.592. The van der Waals surface area contributed by atoms with Gasteiger partial charge in [0.25, 0.3) is 0 Å². The van der Waals surface area contributed by atoms with Gasteiger partial charge < -0.3 is 4.42 Å². The standard InChI is InChI=1S/C24H19NO/c1-18-12-14-22(15-13-18)25-24-17-21(19-8-4-2-5-9-19)16-23(26-24)20-10-6-3-7-11-20/h2-17H,1H3. The third-order valence-electron chi connectivity index (χ3n) is 4.22. The zero-order chi connectivity index (χ0) is 17.8. The summed E-state index contributed by atoms with van der Waals surface area (Å²) in [6.45, 7) is 2.07. The van der Waals surface area contributed by atoms with Gasteiger partial charge in [-0.2, -0.15) is 0 Å². The van der Waals surface area contributed by atoms with Gasteiger partial charge >= 0.3 is 0 Å². The van der Waals surface area contributed by atoms with Crippen LogP contribution in [0.4, 0.5) is 5.69 Å². The molecule has 4 rings (SSSR count). The van der Waals surface area contributed by atoms with E-state index in [1.165, 1.54) is 5.56 Å². The molecular weight excluding hydrogens is 318 g/mol. The molecule has 3 aromatic carbocycles. The average molecular weight is 337 g/mol. The molecule has 1 heterocycles. The van der Waals surface area contributed by atoms with Crippen LogP contribution in [0.3, 0.4) is 0 Å². The zero-order valence-electron chi connectivity index (χ0n) is 14.6. The van der Waals surface area contributed by atoms with Gasteiger partial charge in [0, 0.05) is 11.6 Å². The first-order valence-corrected chi connectivity index (χ1v) is 8.65. The highest BCUT2D eigenvalue weighted by Crippen LogP contribution is 2.25. The lowest BCUT2D eigenvalue weighted by atomic mass is 10.0. The fourth-order valence-corrected chi connectivity index (χ4v) is 2.83. The molecule has 0 unspecified atom stereocenters. The Balaban J connectivity index is 1.89. The molecular formula is C24H19NO. The van der Waals surface area contributed by atoms with E-state index in [1.807, 2.05) is 66.7 Å². The molecule has 0 aliphatic heterocycles. The van der Waals surface area contributed by atoms with Gasteiger partial charge in [-0.15, -0.1) is 0 Å². The second kappa shape index (κ2) is 7.24. The van der Waals surface area contributed by atoms with Gasteiger partial charge in [-0.3, -0.25) is 0 Å². The van der Waals surface area contributed by atoms with Gasteiger partial charge in [0.1, 0.15) is 5.76 Å². The van der Waals surface area contributed by atoms with Crippen LogP contribution in [0, 0.1) is 6.92 Å². The van der Waals surface area contributed by atoms with E-state index < -0.39 is 0 Å². The normalized spacial score (nSPS) is 11.5. The van der Waals surface area contributed by atoms with Crippen molar-refractivity contribution in [1.29, 1.82) is 0 Å². The molecule has 0 fully saturated rings. The third kappa shape index (κ3) is 3.65. The van der Waals surface area contributed by atoms with E-state index in [1.54, 1.807) is 0 Å². The maximum absolute atomic E-state index is 6.09. The number of hydrogen-bond acceptors (Lipinski definition) is 2. The van der Waals surface area contributed by atoms with Crippen LogP contribution in [0.2, 0.25) is 0 Å². The van der Waals surface area contributed by atoms with Crippen LogP contribution < -0.4 is 5.55 Å². The van der Waals surface area contributed by atoms with Crippen LogP contribution in [0.5, 0.6) is 0 Å². The first-order chi connectivity index (χ1) is 12.8. The lowest BCUT2D eigenvalue weighted by Gasteiger charge is -2.06. The van der Waals surface area contributed by atoms with Crippen LogP contribution in [0.15, 0.2) is 106 Å². The van der Waals surface area contributed by atoms with Crippen molar-refractivity contribution in [3.8, 4) is 22.5 Å². The maximum Gasteiger partial charge on any atom is 0.220 e. The fourth-order valence-electron chi connectivity index (χ4n) is 2.83. The van der Waals surface area contributed by atoms with Crippen molar-refractivity contribution in [3.05, 3.63) is 108 Å². The molecule has 0 N–H and O–H groups in total. The zero-order valence-corrected chi connectivity index (χ0v) is 14.6. The van der Waals surface area contributed by atoms with Crippen LogP contribution >= 0.6 is 0 Å². The van der Waals surface area contributed by atoms with Gasteiger partial charge in [0.15, 0.2) is 0 Å². The molecule has 26 heavy (non-hydrogen) atoms. The largest absolute Gasteiger partial charge is 0.438 e. The third-order valence-corrected chi connectivity index (χ3v) is 4.22. The lowest BCUT2D eigenvalue weighted by Crippen LogP contribution is -2.01. The molecule has 4 aromatic rings. The van der Waals surface area contributed by atoms with Crippen molar-refractivity contribution in [3.63, 3.8) is 0 Å². The summed E-state index contributed by atoms with van der Waals surface area (Å²) < 4.78 is 6.09. The van der Waals surface area contributed by atoms with Crippen molar-refractivity contribution in [2.24, 2.45) is 4.99 Å². The minimum Gasteiger partial charge on any atom is -0.438 e. The van der Waals surface area contributed by atoms with Crippen molar-refractivity contribution in [2.45, 2.75) is 6.92 Å². The van der Waals surface area contributed by atoms with Crippen molar-refractivity contribution >= 4 is 5.69 Å². The molecule has 0 saturated heterocycles. The number of hydrogen-bond donors (Lipinski definition) is 0. The smallest absolute Gasteiger partial charge is 0.220 e. The van der Waals surface area contributed by atoms with Gasteiger partial charge in [-0.25, -0.2) is 4.99 Å². The average Bonchev–Trinajstić information content (AvgIpc) is 2.71. The molecule has 0 amide bonds. The first-order valence-electron chi connectivity index (χ1n) is 8.65. The topological polar surface area (TPSA) is 25.5 Å². The Labute approximate surface area is 153 Å². The summed E-state index contributed by atoms with van der Waals surface area (Å²) in [5.41, 5.74) is 5.94. The molecule has 0 aliphatic carbocycles. The molecule has 0 saturated carbocycles. The molecule has 2 nitrogen and oxygen atoms in total. The Morgan fingerprint density at radius 2 is 1.23 bits per heavy atom. The molecule has 0 aliphatic rings. The molecule has 2 heteroatoms. The molecule has 0 spiro atoms. The second-order valence-electron chi connectivity index (χ2n) is 6.23. The number of benzene rings is 3. The van der Waals surface area contributed by atoms with Crippen LogP contribution in [0.1, 0.15) is 5.56 Å². The van der Waals surface area contributed by atoms with E-state index in [9.17, 15) is 0 Å². The van der Waals surface area contributed by atoms with Crippen molar-refractivity contribution < 1.29 is 4.42 Å². The van der Waals surface area contributed by atoms with Gasteiger partial charge in [0.05, 0.1) is 5.69 Å². The minimum absolute atomic E-state index is 0.592. The van der Waals surface area contributed by atoms with Crippen molar-refractivity contribution in [2.75, 3.05) is 0 Å². The van der Waals surface area contributed by atoms with Crippen LogP contribution in [-0.2, 0) is 0 Å². The van der Waals surface area contributed by atoms with E-state index in [2.05, 4.69) is 42.2 Å². The van der Waals surface area contributed by atoms with Crippen molar-refractivity contribution in [1.82, 2.24) is 0 Å². The summed E-state index contributed by atoms with van der Waals surface area (Å²) in [5.74, 6) is 0.804. The van der Waals surface area contributed by atoms with Crippen LogP contribution in [0.25, 0.3) is 22.5 Å². The Morgan fingerprint density at radius 1 is 0.615 bits per heavy atom. The maximum atomic E-state index is 6.09. The molecule has 1 aromatic heterocycles. The van der Waals surface area contributed by atoms with E-state index in [4.69, 9.17) is 4.42 Å². The molecule has 0 radical (unpaired) electrons. The monoisotopic (exact) mass is 337 g/mol. The summed E-state index contributed by atoms with van der Waals surface area (Å²) in [7, 11) is 0. The highest BCUT2D eigenvalue weighted by atomic mass is 16.3. The number of aryl methyl sites for hydroxylation is 1. The summed E-state index contributed by atoms with van der Waals surface area (Å²) in [5, 5.41) is 0. The highest BCUT2D eigenvalue weighted by molar-refractivity contribution is 5.69. The summed E-state index contributed by atoms with van der Waals surface area (Å²) >= 11 is 0. The Hall–Kier alpha value is -3.39. The summed E-state index contributed by atoms with van der Waals surface area (Å²) in [4.78, 5) is 4.69. The Bertz CT molecular complexity index is 1000. The number of rotatable bonds is 3. The van der Waals surface area contributed by atoms with E-state index in [0.717, 1.165) is 28.1 Å². The number of nitrogens with zero attached hydrogens (tertiary/aromatic N) is 1. The van der Waals surface area contributed by atoms with E-state index >= 15 is 0 Å². The fraction of sp³-hybridized carbons (Fsp3) is 0.0417. The van der Waals surface area contributed by atoms with Gasteiger partial charge in [0.2, 0.25) is 5.55 Å². The summed E-state index contributed by atoms with van der Waals surface area (Å²) in [6, 6.07) is 32.6. The Kier molecular flexibility index (Phi) is 4.48. The van der Waals surface area contributed by atoms with Crippen LogP contribution in [-0.4, -0.2) is 0 Å². The Morgan fingerprint density at radius 3 is 1.88 bits per heavy atom. The molecule has 126 valence electrons. The molecule has 0 atom stereocenters. The lowest BCUT2D eigenvalue weighted by molar-refractivity contribution is 0.512. The van der Waals surface area contributed by atoms with Gasteiger partial charge in [-0.1, -0.05) is 78.4 Å². The SMILES string of the molecule is Cc1ccc(N=c2cc(-c3ccccc3)cc(-c3ccccc3)o2)cc1. The second-order valence-corrected chi connectivity index (χ2v) is 6.23. The van der Waals surface area contributed by atoms with E-state index in [0.29, 0.717) is 5.55 Å². The van der Waals surface area contributed by atoms with E-state index in [-0.39, 0.29) is 0 Å². The summed E-state index contributed by atoms with van der Waals surface area (Å²) in [6.07, 6.45) is 0. The predicted octanol–water partition coefficient (Wildman–Crippen LogP) is 6.15. The quantitative estimate of drug-likeness (QED) is 0.440. The first kappa shape index (κ1) is 16.1. The highest BCUT2D eigenvalue weighted by Gasteiger charge is 2.05. The van der Waals surface area contributed by atoms with Gasteiger partial charge in [-0.05, 0) is 36.2 Å².